The number of fused-ring (bicyclic) bond motifs is 1. The van der Waals surface area contributed by atoms with Crippen molar-refractivity contribution in [2.24, 2.45) is 0 Å². The molecule has 0 spiro atoms. The molecule has 0 saturated heterocycles. The van der Waals surface area contributed by atoms with E-state index in [1.165, 1.54) is 0 Å². The fraction of sp³-hybridized carbons (Fsp3) is 0.143. The number of amides is 2. The topological polar surface area (TPSA) is 67.4 Å². The van der Waals surface area contributed by atoms with Crippen molar-refractivity contribution in [2.45, 2.75) is 18.9 Å². The molecule has 5 nitrogen and oxygen atoms in total. The van der Waals surface area contributed by atoms with Gasteiger partial charge in [-0.05, 0) is 48.3 Å². The van der Waals surface area contributed by atoms with Crippen molar-refractivity contribution in [3.63, 3.8) is 0 Å². The van der Waals surface area contributed by atoms with Gasteiger partial charge in [0.25, 0.3) is 5.91 Å². The third-order valence-corrected chi connectivity index (χ3v) is 4.16. The van der Waals surface area contributed by atoms with Crippen molar-refractivity contribution >= 4 is 29.7 Å². The van der Waals surface area contributed by atoms with E-state index >= 15 is 0 Å². The van der Waals surface area contributed by atoms with Gasteiger partial charge < -0.3 is 15.4 Å². The van der Waals surface area contributed by atoms with Crippen LogP contribution in [0.2, 0.25) is 0 Å². The van der Waals surface area contributed by atoms with E-state index in [-0.39, 0.29) is 17.6 Å². The predicted octanol–water partition coefficient (Wildman–Crippen LogP) is 3.35. The Kier molecular flexibility index (Phi) is 4.27. The summed E-state index contributed by atoms with van der Waals surface area (Å²) < 4.78 is 5.68. The average molecular weight is 346 g/mol. The quantitative estimate of drug-likeness (QED) is 0.834. The predicted molar refractivity (Wildman–Crippen MR) is 100 cm³/mol. The van der Waals surface area contributed by atoms with E-state index in [1.807, 2.05) is 42.5 Å². The van der Waals surface area contributed by atoms with Crippen LogP contribution in [-0.2, 0) is 9.59 Å². The first-order valence-corrected chi connectivity index (χ1v) is 8.56. The number of rotatable bonds is 4. The Morgan fingerprint density at radius 3 is 2.58 bits per heavy atom. The molecular formula is C21H18N2O3. The Balaban J connectivity index is 1.45. The lowest BCUT2D eigenvalue weighted by Crippen LogP contribution is -2.23. The number of anilines is 1. The summed E-state index contributed by atoms with van der Waals surface area (Å²) in [5, 5.41) is 5.71. The van der Waals surface area contributed by atoms with Crippen LogP contribution in [0.15, 0.2) is 60.4 Å². The minimum absolute atomic E-state index is 0.0652. The first-order valence-electron chi connectivity index (χ1n) is 8.56. The van der Waals surface area contributed by atoms with Crippen LogP contribution in [0.5, 0.6) is 5.75 Å². The molecule has 0 bridgehead atoms. The molecule has 0 atom stereocenters. The molecule has 2 N–H and O–H groups in total. The van der Waals surface area contributed by atoms with E-state index in [2.05, 4.69) is 10.6 Å². The third kappa shape index (κ3) is 3.83. The van der Waals surface area contributed by atoms with Crippen molar-refractivity contribution in [1.82, 2.24) is 5.32 Å². The van der Waals surface area contributed by atoms with Gasteiger partial charge in [0.15, 0.2) is 11.5 Å². The number of nitrogens with one attached hydrogen (secondary N) is 2. The van der Waals surface area contributed by atoms with Gasteiger partial charge in [0.05, 0.1) is 5.69 Å². The van der Waals surface area contributed by atoms with Crippen LogP contribution in [0.1, 0.15) is 24.0 Å². The van der Waals surface area contributed by atoms with Crippen LogP contribution in [0.3, 0.4) is 0 Å². The summed E-state index contributed by atoms with van der Waals surface area (Å²) in [6.07, 6.45) is 7.15. The zero-order valence-electron chi connectivity index (χ0n) is 14.1. The van der Waals surface area contributed by atoms with Crippen LogP contribution in [-0.4, -0.2) is 17.9 Å². The average Bonchev–Trinajstić information content (AvgIpc) is 3.46. The van der Waals surface area contributed by atoms with Gasteiger partial charge in [-0.15, -0.1) is 0 Å². The highest BCUT2D eigenvalue weighted by molar-refractivity contribution is 6.08. The summed E-state index contributed by atoms with van der Waals surface area (Å²) in [6, 6.07) is 15.2. The molecule has 2 aromatic carbocycles. The molecule has 1 saturated carbocycles. The molecule has 1 heterocycles. The largest absolute Gasteiger partial charge is 0.449 e. The molecule has 0 unspecified atom stereocenters. The maximum atomic E-state index is 12.1. The third-order valence-electron chi connectivity index (χ3n) is 4.16. The van der Waals surface area contributed by atoms with E-state index in [1.54, 1.807) is 24.3 Å². The standard InChI is InChI=1S/C21H18N2O3/c24-20(22-16-10-11-16)12-9-14-5-7-15(8-6-14)13-19-21(25)23-17-3-1-2-4-18(17)26-19/h1-9,12-13,16H,10-11H2,(H,22,24)(H,23,25)/b12-9+,19-13-. The highest BCUT2D eigenvalue weighted by atomic mass is 16.5. The Morgan fingerprint density at radius 2 is 1.81 bits per heavy atom. The smallest absolute Gasteiger partial charge is 0.291 e. The second-order valence-corrected chi connectivity index (χ2v) is 6.34. The molecule has 0 radical (unpaired) electrons. The van der Waals surface area contributed by atoms with Crippen LogP contribution >= 0.6 is 0 Å². The normalized spacial score (nSPS) is 17.5. The summed E-state index contributed by atoms with van der Waals surface area (Å²) in [5.41, 5.74) is 2.42. The highest BCUT2D eigenvalue weighted by Gasteiger charge is 2.22. The number of carbonyl (C=O) groups is 2. The summed E-state index contributed by atoms with van der Waals surface area (Å²) in [7, 11) is 0. The number of hydrogen-bond acceptors (Lipinski definition) is 3. The second-order valence-electron chi connectivity index (χ2n) is 6.34. The maximum absolute atomic E-state index is 12.1. The molecule has 2 amide bonds. The SMILES string of the molecule is O=C(/C=C/c1ccc(/C=C2\Oc3ccccc3NC2=O)cc1)NC1CC1. The van der Waals surface area contributed by atoms with E-state index in [4.69, 9.17) is 4.74 Å². The lowest BCUT2D eigenvalue weighted by atomic mass is 10.1. The number of benzene rings is 2. The summed E-state index contributed by atoms with van der Waals surface area (Å²) >= 11 is 0. The number of ether oxygens (including phenoxy) is 1. The minimum atomic E-state index is -0.274. The number of hydrogen-bond donors (Lipinski definition) is 2. The lowest BCUT2D eigenvalue weighted by Gasteiger charge is -2.19. The number of para-hydroxylation sites is 2. The molecule has 1 aliphatic carbocycles. The molecule has 1 aliphatic heterocycles. The van der Waals surface area contributed by atoms with Gasteiger partial charge in [0.2, 0.25) is 5.91 Å². The monoisotopic (exact) mass is 346 g/mol. The fourth-order valence-corrected chi connectivity index (χ4v) is 2.61. The molecule has 5 heteroatoms. The van der Waals surface area contributed by atoms with Crippen LogP contribution < -0.4 is 15.4 Å². The number of carbonyl (C=O) groups excluding carboxylic acids is 2. The van der Waals surface area contributed by atoms with Crippen LogP contribution in [0.4, 0.5) is 5.69 Å². The molecular weight excluding hydrogens is 328 g/mol. The van der Waals surface area contributed by atoms with Crippen molar-refractivity contribution in [3.05, 3.63) is 71.5 Å². The van der Waals surface area contributed by atoms with E-state index in [0.29, 0.717) is 17.5 Å². The van der Waals surface area contributed by atoms with Crippen molar-refractivity contribution in [3.8, 4) is 5.75 Å². The molecule has 130 valence electrons. The lowest BCUT2D eigenvalue weighted by molar-refractivity contribution is -0.116. The first-order chi connectivity index (χ1) is 12.7. The van der Waals surface area contributed by atoms with Crippen molar-refractivity contribution < 1.29 is 14.3 Å². The van der Waals surface area contributed by atoms with E-state index in [0.717, 1.165) is 24.0 Å². The Bertz CT molecular complexity index is 909. The first kappa shape index (κ1) is 16.1. The van der Waals surface area contributed by atoms with Gasteiger partial charge in [-0.2, -0.15) is 0 Å². The Morgan fingerprint density at radius 1 is 1.08 bits per heavy atom. The second kappa shape index (κ2) is 6.88. The van der Waals surface area contributed by atoms with Crippen molar-refractivity contribution in [1.29, 1.82) is 0 Å². The molecule has 26 heavy (non-hydrogen) atoms. The minimum Gasteiger partial charge on any atom is -0.449 e. The molecule has 0 aromatic heterocycles. The zero-order valence-corrected chi connectivity index (χ0v) is 14.1. The molecule has 4 rings (SSSR count). The Labute approximate surface area is 151 Å². The maximum Gasteiger partial charge on any atom is 0.291 e. The molecule has 2 aromatic rings. The zero-order chi connectivity index (χ0) is 17.9. The Hall–Kier alpha value is -3.34. The van der Waals surface area contributed by atoms with Gasteiger partial charge in [0, 0.05) is 12.1 Å². The summed E-state index contributed by atoms with van der Waals surface area (Å²) in [4.78, 5) is 23.8. The van der Waals surface area contributed by atoms with Gasteiger partial charge in [0.1, 0.15) is 0 Å². The molecule has 2 aliphatic rings. The van der Waals surface area contributed by atoms with E-state index in [9.17, 15) is 9.59 Å². The van der Waals surface area contributed by atoms with Gasteiger partial charge in [-0.25, -0.2) is 0 Å². The summed E-state index contributed by atoms with van der Waals surface area (Å²) in [6.45, 7) is 0. The van der Waals surface area contributed by atoms with Crippen LogP contribution in [0.25, 0.3) is 12.2 Å². The fourth-order valence-electron chi connectivity index (χ4n) is 2.61. The van der Waals surface area contributed by atoms with Crippen molar-refractivity contribution in [2.75, 3.05) is 5.32 Å². The highest BCUT2D eigenvalue weighted by Crippen LogP contribution is 2.30. The van der Waals surface area contributed by atoms with E-state index < -0.39 is 0 Å². The van der Waals surface area contributed by atoms with Gasteiger partial charge in [-0.3, -0.25) is 9.59 Å². The molecule has 1 fully saturated rings. The van der Waals surface area contributed by atoms with Crippen LogP contribution in [0, 0.1) is 0 Å². The van der Waals surface area contributed by atoms with Gasteiger partial charge in [-0.1, -0.05) is 36.4 Å². The van der Waals surface area contributed by atoms with Gasteiger partial charge >= 0.3 is 0 Å². The summed E-state index contributed by atoms with van der Waals surface area (Å²) in [5.74, 6) is 0.532.